The van der Waals surface area contributed by atoms with Gasteiger partial charge in [-0.3, -0.25) is 0 Å². The van der Waals surface area contributed by atoms with Gasteiger partial charge in [-0.1, -0.05) is 0 Å². The number of hydrogen-bond acceptors (Lipinski definition) is 5. The van der Waals surface area contributed by atoms with Crippen LogP contribution in [0.1, 0.15) is 6.92 Å². The number of quaternary nitrogens is 3. The van der Waals surface area contributed by atoms with Gasteiger partial charge in [-0.25, -0.2) is 0 Å². The van der Waals surface area contributed by atoms with E-state index in [1.165, 1.54) is 0 Å². The molecule has 0 saturated carbocycles. The number of hydrogen-bond donors (Lipinski definition) is 0. The minimum atomic E-state index is -0.185. The molecule has 1 rings (SSSR count). The minimum Gasteiger partial charge on any atom is -0.308 e. The van der Waals surface area contributed by atoms with E-state index in [-0.39, 0.29) is 15.5 Å². The lowest BCUT2D eigenvalue weighted by molar-refractivity contribution is -1.21. The first-order chi connectivity index (χ1) is 8.93. The van der Waals surface area contributed by atoms with Crippen molar-refractivity contribution in [2.75, 3.05) is 69.5 Å². The van der Waals surface area contributed by atoms with Crippen LogP contribution in [0.25, 0.3) is 0 Å². The lowest BCUT2D eigenvalue weighted by atomic mass is 10.6. The zero-order chi connectivity index (χ0) is 15.6. The number of ether oxygens (including phenoxy) is 1. The van der Waals surface area contributed by atoms with Crippen molar-refractivity contribution in [3.05, 3.63) is 0 Å². The smallest absolute Gasteiger partial charge is 0.266 e. The zero-order valence-corrected chi connectivity index (χ0v) is 14.1. The fraction of sp³-hybridized carbons (Fsp3) is 1.00. The molecule has 0 N–H and O–H groups in total. The van der Waals surface area contributed by atoms with Gasteiger partial charge in [0.15, 0.2) is 0 Å². The maximum Gasteiger partial charge on any atom is 0.266 e. The molecule has 0 spiro atoms. The first-order valence-corrected chi connectivity index (χ1v) is 6.75. The quantitative estimate of drug-likeness (QED) is 0.593. The van der Waals surface area contributed by atoms with Gasteiger partial charge in [-0.15, -0.1) is 24.3 Å². The van der Waals surface area contributed by atoms with Crippen molar-refractivity contribution >= 4 is 0 Å². The predicted molar refractivity (Wildman–Crippen MR) is 72.5 cm³/mol. The van der Waals surface area contributed by atoms with Crippen molar-refractivity contribution in [1.82, 2.24) is 5.06 Å². The normalized spacial score (nSPS) is 32.1. The Labute approximate surface area is 122 Å². The summed E-state index contributed by atoms with van der Waals surface area (Å²) in [7, 11) is 13.5. The summed E-state index contributed by atoms with van der Waals surface area (Å²) in [5.74, 6) is 0. The molecule has 0 bridgehead atoms. The van der Waals surface area contributed by atoms with Crippen molar-refractivity contribution in [1.29, 1.82) is 0 Å². The van der Waals surface area contributed by atoms with E-state index in [1.807, 2.05) is 56.3 Å². The van der Waals surface area contributed by atoms with Gasteiger partial charge in [0.1, 0.15) is 48.5 Å². The summed E-state index contributed by atoms with van der Waals surface area (Å²) in [5, 5.41) is 1.69. The molecular weight excluding hydrogens is 264 g/mol. The van der Waals surface area contributed by atoms with E-state index in [0.29, 0.717) is 24.8 Å². The van der Waals surface area contributed by atoms with Gasteiger partial charge in [-0.2, -0.15) is 9.29 Å². The van der Waals surface area contributed by atoms with Crippen LogP contribution in [0.2, 0.25) is 0 Å². The van der Waals surface area contributed by atoms with E-state index in [4.69, 9.17) is 19.4 Å². The van der Waals surface area contributed by atoms with Crippen LogP contribution in [-0.2, 0) is 19.4 Å². The van der Waals surface area contributed by atoms with E-state index in [2.05, 4.69) is 0 Å². The summed E-state index contributed by atoms with van der Waals surface area (Å²) in [5.41, 5.74) is 0. The van der Waals surface area contributed by atoms with Crippen molar-refractivity contribution in [2.24, 2.45) is 0 Å². The molecule has 120 valence electrons. The molecule has 1 heterocycles. The summed E-state index contributed by atoms with van der Waals surface area (Å²) in [6.07, 6.45) is -0.185. The topological polar surface area (TPSA) is 40.2 Å². The second-order valence-electron chi connectivity index (χ2n) is 6.76. The van der Waals surface area contributed by atoms with Gasteiger partial charge in [0, 0.05) is 7.05 Å². The van der Waals surface area contributed by atoms with Crippen molar-refractivity contribution in [3.8, 4) is 0 Å². The summed E-state index contributed by atoms with van der Waals surface area (Å²) >= 11 is 0. The Bertz CT molecular complexity index is 323. The second-order valence-corrected chi connectivity index (χ2v) is 6.76. The van der Waals surface area contributed by atoms with Crippen LogP contribution in [-0.4, -0.2) is 94.8 Å². The average molecular weight is 295 g/mol. The fourth-order valence-electron chi connectivity index (χ4n) is 1.50. The van der Waals surface area contributed by atoms with Crippen LogP contribution in [0.5, 0.6) is 0 Å². The molecule has 1 aliphatic heterocycles. The Kier molecular flexibility index (Phi) is 5.50. The third-order valence-electron chi connectivity index (χ3n) is 2.92. The predicted octanol–water partition coefficient (Wildman–Crippen LogP) is 0.106. The van der Waals surface area contributed by atoms with E-state index in [9.17, 15) is 0 Å². The number of rotatable bonds is 0. The fourth-order valence-corrected chi connectivity index (χ4v) is 1.50. The highest BCUT2D eigenvalue weighted by Crippen LogP contribution is 2.14. The largest absolute Gasteiger partial charge is 0.308 e. The first kappa shape index (κ1) is 17.7. The van der Waals surface area contributed by atoms with Gasteiger partial charge in [-0.05, 0) is 6.92 Å². The highest BCUT2D eigenvalue weighted by molar-refractivity contribution is 4.35. The number of hydroxylamine groups is 11. The molecule has 1 saturated heterocycles. The SMILES string of the molecule is CC1OC[N+](C)(C)OC[N+](C)(C)OC[N+](C)(C)ON1C. The lowest BCUT2D eigenvalue weighted by Crippen LogP contribution is -2.56. The first-order valence-electron chi connectivity index (χ1n) is 6.75. The maximum atomic E-state index is 5.88. The van der Waals surface area contributed by atoms with Crippen LogP contribution in [0, 0.1) is 0 Å². The van der Waals surface area contributed by atoms with Crippen molar-refractivity contribution in [3.63, 3.8) is 0 Å². The van der Waals surface area contributed by atoms with E-state index < -0.39 is 0 Å². The summed E-state index contributed by atoms with van der Waals surface area (Å²) in [6, 6.07) is 0. The summed E-state index contributed by atoms with van der Waals surface area (Å²) in [6.45, 7) is 3.16. The van der Waals surface area contributed by atoms with Gasteiger partial charge >= 0.3 is 0 Å². The third-order valence-corrected chi connectivity index (χ3v) is 2.92. The van der Waals surface area contributed by atoms with Crippen LogP contribution in [0.3, 0.4) is 0 Å². The molecule has 1 unspecified atom stereocenters. The summed E-state index contributed by atoms with van der Waals surface area (Å²) < 4.78 is 6.61. The van der Waals surface area contributed by atoms with E-state index in [1.54, 1.807) is 5.06 Å². The van der Waals surface area contributed by atoms with Crippen molar-refractivity contribution < 1.29 is 33.3 Å². The Hall–Kier alpha value is -0.320. The number of nitrogens with zero attached hydrogens (tertiary/aromatic N) is 4. The van der Waals surface area contributed by atoms with Gasteiger partial charge in [0.25, 0.3) is 13.5 Å². The average Bonchev–Trinajstić information content (AvgIpc) is 2.30. The zero-order valence-electron chi connectivity index (χ0n) is 14.1. The monoisotopic (exact) mass is 295 g/mol. The van der Waals surface area contributed by atoms with Crippen LogP contribution >= 0.6 is 0 Å². The van der Waals surface area contributed by atoms with Crippen molar-refractivity contribution in [2.45, 2.75) is 13.2 Å². The standard InChI is InChI=1S/C12H31N4O4/c1-12-13(2)20-16(7,8)11-19-15(5,6)10-18-14(3,4)9-17-12/h12H,9-11H2,1-8H3/q+3. The molecular formula is C12H31N4O4+3. The van der Waals surface area contributed by atoms with E-state index in [0.717, 1.165) is 0 Å². The highest BCUT2D eigenvalue weighted by atomic mass is 16.9. The van der Waals surface area contributed by atoms with E-state index >= 15 is 0 Å². The Morgan fingerprint density at radius 2 is 1.25 bits per heavy atom. The second kappa shape index (κ2) is 6.20. The Morgan fingerprint density at radius 3 is 1.80 bits per heavy atom. The van der Waals surface area contributed by atoms with Gasteiger partial charge in [0.2, 0.25) is 6.73 Å². The summed E-state index contributed by atoms with van der Waals surface area (Å²) in [4.78, 5) is 17.6. The van der Waals surface area contributed by atoms with Crippen LogP contribution in [0.15, 0.2) is 0 Å². The molecule has 8 nitrogen and oxygen atoms in total. The van der Waals surface area contributed by atoms with Crippen LogP contribution < -0.4 is 0 Å². The maximum absolute atomic E-state index is 5.88. The molecule has 1 atom stereocenters. The molecule has 1 fully saturated rings. The molecule has 0 radical (unpaired) electrons. The third kappa shape index (κ3) is 5.98. The molecule has 0 aromatic rings. The molecule has 8 heteroatoms. The molecule has 0 amide bonds. The molecule has 0 aliphatic carbocycles. The molecule has 1 aliphatic rings. The Morgan fingerprint density at radius 1 is 0.800 bits per heavy atom. The molecule has 20 heavy (non-hydrogen) atoms. The highest BCUT2D eigenvalue weighted by Gasteiger charge is 2.33. The van der Waals surface area contributed by atoms with Crippen LogP contribution in [0.4, 0.5) is 0 Å². The van der Waals surface area contributed by atoms with Gasteiger partial charge in [0.05, 0.1) is 0 Å². The lowest BCUT2D eigenvalue weighted by Gasteiger charge is -2.37. The molecule has 0 aromatic carbocycles. The Balaban J connectivity index is 2.81. The molecule has 0 aromatic heterocycles. The van der Waals surface area contributed by atoms with Gasteiger partial charge < -0.3 is 4.74 Å². The minimum absolute atomic E-state index is 0.185.